The van der Waals surface area contributed by atoms with Crippen LogP contribution in [0.15, 0.2) is 17.9 Å². The molecule has 0 bridgehead atoms. The summed E-state index contributed by atoms with van der Waals surface area (Å²) in [7, 11) is 1.37. The van der Waals surface area contributed by atoms with Crippen molar-refractivity contribution in [1.82, 2.24) is 5.10 Å². The third-order valence-electron chi connectivity index (χ3n) is 1.79. The average molecular weight is 240 g/mol. The van der Waals surface area contributed by atoms with Gasteiger partial charge in [-0.1, -0.05) is 0 Å². The van der Waals surface area contributed by atoms with Gasteiger partial charge in [-0.15, -0.1) is 0 Å². The highest BCUT2D eigenvalue weighted by atomic mass is 16.5. The molecule has 0 spiro atoms. The molecule has 17 heavy (non-hydrogen) atoms. The van der Waals surface area contributed by atoms with Gasteiger partial charge in [0, 0.05) is 12.1 Å². The van der Waals surface area contributed by atoms with E-state index in [0.29, 0.717) is 0 Å². The molecule has 1 heterocycles. The Balaban J connectivity index is 2.94. The van der Waals surface area contributed by atoms with Crippen molar-refractivity contribution in [3.63, 3.8) is 0 Å². The summed E-state index contributed by atoms with van der Waals surface area (Å²) >= 11 is 0. The Morgan fingerprint density at radius 3 is 2.88 bits per heavy atom. The average Bonchev–Trinajstić information content (AvgIpc) is 2.31. The highest BCUT2D eigenvalue weighted by Crippen LogP contribution is 2.06. The van der Waals surface area contributed by atoms with Gasteiger partial charge >= 0.3 is 5.97 Å². The lowest BCUT2D eigenvalue weighted by Gasteiger charge is -2.01. The SMILES string of the molecule is CCOC(=O)C(O)=Cc1ccc(OC)n[n+]1[O-]. The van der Waals surface area contributed by atoms with Crippen molar-refractivity contribution in [3.8, 4) is 5.88 Å². The van der Waals surface area contributed by atoms with Crippen molar-refractivity contribution in [2.24, 2.45) is 0 Å². The number of esters is 1. The van der Waals surface area contributed by atoms with Crippen molar-refractivity contribution < 1.29 is 24.2 Å². The first-order valence-corrected chi connectivity index (χ1v) is 4.81. The third-order valence-corrected chi connectivity index (χ3v) is 1.79. The van der Waals surface area contributed by atoms with Crippen LogP contribution in [0.4, 0.5) is 0 Å². The number of carbonyl (C=O) groups is 1. The van der Waals surface area contributed by atoms with Gasteiger partial charge in [-0.05, 0) is 11.8 Å². The molecule has 0 atom stereocenters. The second-order valence-corrected chi connectivity index (χ2v) is 2.92. The van der Waals surface area contributed by atoms with Crippen LogP contribution in [0.25, 0.3) is 6.08 Å². The van der Waals surface area contributed by atoms with Crippen LogP contribution >= 0.6 is 0 Å². The molecule has 1 aromatic heterocycles. The van der Waals surface area contributed by atoms with E-state index in [2.05, 4.69) is 9.84 Å². The highest BCUT2D eigenvalue weighted by molar-refractivity contribution is 5.90. The van der Waals surface area contributed by atoms with Crippen LogP contribution in [0.5, 0.6) is 5.88 Å². The number of nitrogens with zero attached hydrogens (tertiary/aromatic N) is 2. The third kappa shape index (κ3) is 3.33. The fraction of sp³-hybridized carbons (Fsp3) is 0.300. The molecule has 92 valence electrons. The van der Waals surface area contributed by atoms with E-state index in [9.17, 15) is 15.1 Å². The van der Waals surface area contributed by atoms with Gasteiger partial charge in [0.15, 0.2) is 0 Å². The minimum atomic E-state index is -0.900. The predicted molar refractivity (Wildman–Crippen MR) is 57.0 cm³/mol. The molecule has 1 N–H and O–H groups in total. The first-order valence-electron chi connectivity index (χ1n) is 4.81. The van der Waals surface area contributed by atoms with Gasteiger partial charge < -0.3 is 19.8 Å². The molecule has 1 aromatic rings. The van der Waals surface area contributed by atoms with Crippen molar-refractivity contribution in [1.29, 1.82) is 0 Å². The minimum Gasteiger partial charge on any atom is -0.594 e. The van der Waals surface area contributed by atoms with Gasteiger partial charge in [0.25, 0.3) is 5.88 Å². The first-order chi connectivity index (χ1) is 8.08. The summed E-state index contributed by atoms with van der Waals surface area (Å²) in [6, 6.07) is 2.78. The van der Waals surface area contributed by atoms with Crippen molar-refractivity contribution >= 4 is 12.0 Å². The normalized spacial score (nSPS) is 11.1. The fourth-order valence-electron chi connectivity index (χ4n) is 1.02. The number of aromatic nitrogens is 2. The van der Waals surface area contributed by atoms with Crippen LogP contribution in [-0.4, -0.2) is 29.9 Å². The van der Waals surface area contributed by atoms with Crippen molar-refractivity contribution in [2.45, 2.75) is 6.92 Å². The number of methoxy groups -OCH3 is 1. The number of hydrogen-bond donors (Lipinski definition) is 1. The second-order valence-electron chi connectivity index (χ2n) is 2.92. The summed E-state index contributed by atoms with van der Waals surface area (Å²) in [5.41, 5.74) is -0.00338. The van der Waals surface area contributed by atoms with E-state index in [4.69, 9.17) is 4.74 Å². The molecule has 7 heteroatoms. The van der Waals surface area contributed by atoms with Gasteiger partial charge in [0.2, 0.25) is 11.5 Å². The standard InChI is InChI=1S/C10H12N2O5/c1-3-17-10(14)8(13)6-7-4-5-9(16-2)11-12(7)15/h4-6,13H,3H2,1-2H3. The maximum Gasteiger partial charge on any atom is 0.373 e. The Hall–Kier alpha value is -2.31. The first kappa shape index (κ1) is 12.8. The lowest BCUT2D eigenvalue weighted by Crippen LogP contribution is -2.34. The van der Waals surface area contributed by atoms with Crippen LogP contribution < -0.4 is 9.58 Å². The van der Waals surface area contributed by atoms with E-state index in [1.807, 2.05) is 0 Å². The lowest BCUT2D eigenvalue weighted by atomic mass is 10.3. The topological polar surface area (TPSA) is 95.6 Å². The molecule has 0 aliphatic rings. The van der Waals surface area contributed by atoms with Gasteiger partial charge in [0.1, 0.15) is 0 Å². The van der Waals surface area contributed by atoms with E-state index < -0.39 is 11.7 Å². The monoisotopic (exact) mass is 240 g/mol. The summed E-state index contributed by atoms with van der Waals surface area (Å²) < 4.78 is 9.28. The lowest BCUT2D eigenvalue weighted by molar-refractivity contribution is -0.671. The van der Waals surface area contributed by atoms with Gasteiger partial charge in [-0.25, -0.2) is 4.79 Å². The summed E-state index contributed by atoms with van der Waals surface area (Å²) in [4.78, 5) is 11.3. The smallest absolute Gasteiger partial charge is 0.373 e. The predicted octanol–water partition coefficient (Wildman–Crippen LogP) is 0.186. The largest absolute Gasteiger partial charge is 0.594 e. The molecular weight excluding hydrogens is 228 g/mol. The van der Waals surface area contributed by atoms with Crippen LogP contribution in [0, 0.1) is 5.21 Å². The zero-order valence-corrected chi connectivity index (χ0v) is 9.41. The molecule has 0 aliphatic carbocycles. The van der Waals surface area contributed by atoms with E-state index in [-0.39, 0.29) is 23.0 Å². The zero-order valence-electron chi connectivity index (χ0n) is 9.41. The van der Waals surface area contributed by atoms with Crippen LogP contribution in [-0.2, 0) is 9.53 Å². The van der Waals surface area contributed by atoms with Crippen LogP contribution in [0.2, 0.25) is 0 Å². The molecule has 7 nitrogen and oxygen atoms in total. The number of hydrogen-bond acceptors (Lipinski definition) is 6. The van der Waals surface area contributed by atoms with Crippen LogP contribution in [0.3, 0.4) is 0 Å². The summed E-state index contributed by atoms with van der Waals surface area (Å²) in [5.74, 6) is -1.43. The van der Waals surface area contributed by atoms with E-state index in [0.717, 1.165) is 6.08 Å². The summed E-state index contributed by atoms with van der Waals surface area (Å²) in [5, 5.41) is 24.1. The number of ether oxygens (including phenoxy) is 2. The van der Waals surface area contributed by atoms with Crippen molar-refractivity contribution in [2.75, 3.05) is 13.7 Å². The van der Waals surface area contributed by atoms with E-state index in [1.54, 1.807) is 6.92 Å². The van der Waals surface area contributed by atoms with E-state index >= 15 is 0 Å². The Morgan fingerprint density at radius 2 is 2.35 bits per heavy atom. The Labute approximate surface area is 97.5 Å². The Kier molecular flexibility index (Phi) is 4.27. The molecule has 0 saturated carbocycles. The zero-order chi connectivity index (χ0) is 12.8. The van der Waals surface area contributed by atoms with Gasteiger partial charge in [-0.3, -0.25) is 0 Å². The summed E-state index contributed by atoms with van der Waals surface area (Å²) in [6.07, 6.45) is 0.970. The fourth-order valence-corrected chi connectivity index (χ4v) is 1.02. The van der Waals surface area contributed by atoms with Gasteiger partial charge in [-0.2, -0.15) is 0 Å². The molecule has 0 amide bonds. The number of aliphatic hydroxyl groups excluding tert-OH is 1. The Morgan fingerprint density at radius 1 is 1.65 bits per heavy atom. The maximum absolute atomic E-state index is 11.3. The summed E-state index contributed by atoms with van der Waals surface area (Å²) in [6.45, 7) is 1.74. The number of rotatable bonds is 4. The molecule has 0 aliphatic heterocycles. The van der Waals surface area contributed by atoms with E-state index in [1.165, 1.54) is 19.2 Å². The number of carbonyl (C=O) groups excluding carboxylic acids is 1. The highest BCUT2D eigenvalue weighted by Gasteiger charge is 2.13. The molecule has 0 aromatic carbocycles. The molecule has 0 radical (unpaired) electrons. The molecule has 1 rings (SSSR count). The number of aliphatic hydroxyl groups is 1. The maximum atomic E-state index is 11.3. The molecule has 0 fully saturated rings. The van der Waals surface area contributed by atoms with Crippen molar-refractivity contribution in [3.05, 3.63) is 28.8 Å². The molecular formula is C10H12N2O5. The molecule has 0 unspecified atom stereocenters. The second kappa shape index (κ2) is 5.69. The quantitative estimate of drug-likeness (QED) is 0.265. The van der Waals surface area contributed by atoms with Gasteiger partial charge in [0.05, 0.1) is 24.9 Å². The molecule has 0 saturated heterocycles. The Bertz CT molecular complexity index is 444. The van der Waals surface area contributed by atoms with Crippen LogP contribution in [0.1, 0.15) is 12.6 Å². The minimum absolute atomic E-state index is 0.00338.